The minimum atomic E-state index is -0.0719. The van der Waals surface area contributed by atoms with Gasteiger partial charge in [-0.25, -0.2) is 0 Å². The third kappa shape index (κ3) is 2.43. The van der Waals surface area contributed by atoms with E-state index in [0.29, 0.717) is 0 Å². The van der Waals surface area contributed by atoms with Gasteiger partial charge in [-0.1, -0.05) is 100 Å². The van der Waals surface area contributed by atoms with E-state index in [1.807, 2.05) is 0 Å². The summed E-state index contributed by atoms with van der Waals surface area (Å²) in [6.45, 7) is 12.0. The summed E-state index contributed by atoms with van der Waals surface area (Å²) in [6, 6.07) is 35.1. The van der Waals surface area contributed by atoms with Crippen LogP contribution in [0.25, 0.3) is 65.3 Å². The van der Waals surface area contributed by atoms with Crippen LogP contribution in [0.15, 0.2) is 91.0 Å². The zero-order valence-corrected chi connectivity index (χ0v) is 23.2. The number of fused-ring (bicyclic) bond motifs is 9. The molecule has 0 nitrogen and oxygen atoms in total. The summed E-state index contributed by atoms with van der Waals surface area (Å²) >= 11 is 0. The SMILES string of the molecule is Cc1cc2c(c3ccccc13)-c1cc3c(cc1C2(C)C)-c1c(cc2ccc4cccc5ccc1c2c45)C3(C)C. The lowest BCUT2D eigenvalue weighted by molar-refractivity contribution is 0.652. The van der Waals surface area contributed by atoms with E-state index in [2.05, 4.69) is 126 Å². The molecule has 0 fully saturated rings. The molecule has 39 heavy (non-hydrogen) atoms. The van der Waals surface area contributed by atoms with Gasteiger partial charge in [0.1, 0.15) is 0 Å². The van der Waals surface area contributed by atoms with Crippen LogP contribution in [0.4, 0.5) is 0 Å². The lowest BCUT2D eigenvalue weighted by atomic mass is 9.79. The summed E-state index contributed by atoms with van der Waals surface area (Å²) in [6.07, 6.45) is 0. The molecule has 0 heteroatoms. The van der Waals surface area contributed by atoms with Crippen molar-refractivity contribution >= 4 is 43.1 Å². The second-order valence-corrected chi connectivity index (χ2v) is 13.0. The molecule has 0 N–H and O–H groups in total. The van der Waals surface area contributed by atoms with Crippen molar-refractivity contribution in [3.63, 3.8) is 0 Å². The lowest BCUT2D eigenvalue weighted by Crippen LogP contribution is -2.17. The van der Waals surface area contributed by atoms with Gasteiger partial charge in [-0.15, -0.1) is 0 Å². The Labute approximate surface area is 229 Å². The second-order valence-electron chi connectivity index (χ2n) is 13.0. The fourth-order valence-electron chi connectivity index (χ4n) is 8.27. The zero-order valence-electron chi connectivity index (χ0n) is 23.2. The Hall–Kier alpha value is -4.16. The highest BCUT2D eigenvalue weighted by molar-refractivity contribution is 6.26. The van der Waals surface area contributed by atoms with E-state index >= 15 is 0 Å². The van der Waals surface area contributed by atoms with Crippen molar-refractivity contribution in [2.75, 3.05) is 0 Å². The van der Waals surface area contributed by atoms with Crippen molar-refractivity contribution in [2.45, 2.75) is 45.4 Å². The molecular formula is C39H30. The van der Waals surface area contributed by atoms with Gasteiger partial charge in [0.15, 0.2) is 0 Å². The van der Waals surface area contributed by atoms with Crippen LogP contribution in [0, 0.1) is 6.92 Å². The van der Waals surface area contributed by atoms with Crippen molar-refractivity contribution < 1.29 is 0 Å². The Morgan fingerprint density at radius 3 is 1.69 bits per heavy atom. The molecule has 186 valence electrons. The van der Waals surface area contributed by atoms with Gasteiger partial charge in [-0.3, -0.25) is 0 Å². The molecule has 2 aliphatic rings. The highest BCUT2D eigenvalue weighted by Gasteiger charge is 2.43. The summed E-state index contributed by atoms with van der Waals surface area (Å²) < 4.78 is 0. The van der Waals surface area contributed by atoms with Gasteiger partial charge in [-0.2, -0.15) is 0 Å². The molecule has 0 aromatic heterocycles. The number of aryl methyl sites for hydroxylation is 1. The van der Waals surface area contributed by atoms with Gasteiger partial charge in [0.25, 0.3) is 0 Å². The fourth-order valence-corrected chi connectivity index (χ4v) is 8.27. The highest BCUT2D eigenvalue weighted by Crippen LogP contribution is 2.59. The van der Waals surface area contributed by atoms with Gasteiger partial charge in [0, 0.05) is 10.8 Å². The van der Waals surface area contributed by atoms with Gasteiger partial charge >= 0.3 is 0 Å². The molecule has 0 heterocycles. The van der Waals surface area contributed by atoms with Crippen LogP contribution in [-0.4, -0.2) is 0 Å². The third-order valence-corrected chi connectivity index (χ3v) is 10.3. The standard InChI is InChI=1S/C39H30/c1-21-17-32-36(26-12-7-6-11-25(21)26)28-19-31-29(20-30(28)38(32,2)3)37-27-16-15-23-10-8-9-22-13-14-24(35(27)34(22)23)18-33(37)39(31,4)5/h6-20H,1-5H3. The van der Waals surface area contributed by atoms with Gasteiger partial charge in [0.05, 0.1) is 0 Å². The van der Waals surface area contributed by atoms with Crippen LogP contribution in [0.2, 0.25) is 0 Å². The first-order valence-electron chi connectivity index (χ1n) is 14.2. The number of benzene rings is 7. The van der Waals surface area contributed by atoms with Gasteiger partial charge in [0.2, 0.25) is 0 Å². The smallest absolute Gasteiger partial charge is 0.0159 e. The molecule has 0 atom stereocenters. The summed E-state index contributed by atoms with van der Waals surface area (Å²) in [4.78, 5) is 0. The van der Waals surface area contributed by atoms with Crippen molar-refractivity contribution in [3.8, 4) is 22.3 Å². The number of hydrogen-bond acceptors (Lipinski definition) is 0. The third-order valence-electron chi connectivity index (χ3n) is 10.3. The molecule has 0 radical (unpaired) electrons. The molecule has 7 aromatic rings. The average molecular weight is 499 g/mol. The van der Waals surface area contributed by atoms with Crippen LogP contribution < -0.4 is 0 Å². The first-order valence-corrected chi connectivity index (χ1v) is 14.2. The molecule has 0 aliphatic heterocycles. The monoisotopic (exact) mass is 498 g/mol. The minimum Gasteiger partial charge on any atom is -0.0616 e. The van der Waals surface area contributed by atoms with Crippen LogP contribution >= 0.6 is 0 Å². The van der Waals surface area contributed by atoms with Crippen molar-refractivity contribution in [1.29, 1.82) is 0 Å². The molecule has 0 spiro atoms. The summed E-state index contributed by atoms with van der Waals surface area (Å²) in [5, 5.41) is 11.0. The molecule has 0 amide bonds. The molecule has 0 bridgehead atoms. The largest absolute Gasteiger partial charge is 0.0616 e. The molecular weight excluding hydrogens is 468 g/mol. The minimum absolute atomic E-state index is 0.0504. The Morgan fingerprint density at radius 1 is 0.436 bits per heavy atom. The maximum atomic E-state index is 2.57. The van der Waals surface area contributed by atoms with Gasteiger partial charge < -0.3 is 0 Å². The summed E-state index contributed by atoms with van der Waals surface area (Å²) in [7, 11) is 0. The molecule has 9 rings (SSSR count). The highest BCUT2D eigenvalue weighted by atomic mass is 14.5. The molecule has 7 aromatic carbocycles. The van der Waals surface area contributed by atoms with Crippen LogP contribution in [0.1, 0.15) is 55.5 Å². The Balaban J connectivity index is 1.42. The molecule has 2 aliphatic carbocycles. The first-order chi connectivity index (χ1) is 18.8. The quantitative estimate of drug-likeness (QED) is 0.182. The number of rotatable bonds is 0. The maximum Gasteiger partial charge on any atom is 0.0159 e. The van der Waals surface area contributed by atoms with Crippen LogP contribution in [0.5, 0.6) is 0 Å². The average Bonchev–Trinajstić information content (AvgIpc) is 3.30. The summed E-state index contributed by atoms with van der Waals surface area (Å²) in [5.74, 6) is 0. The Kier molecular flexibility index (Phi) is 3.73. The summed E-state index contributed by atoms with van der Waals surface area (Å²) in [5.41, 5.74) is 12.8. The first kappa shape index (κ1) is 21.7. The van der Waals surface area contributed by atoms with Crippen LogP contribution in [0.3, 0.4) is 0 Å². The fraction of sp³-hybridized carbons (Fsp3) is 0.179. The van der Waals surface area contributed by atoms with E-state index in [4.69, 9.17) is 0 Å². The molecule has 0 saturated heterocycles. The van der Waals surface area contributed by atoms with Crippen molar-refractivity contribution in [3.05, 3.63) is 119 Å². The topological polar surface area (TPSA) is 0 Å². The van der Waals surface area contributed by atoms with E-state index in [9.17, 15) is 0 Å². The van der Waals surface area contributed by atoms with Crippen molar-refractivity contribution in [2.24, 2.45) is 0 Å². The van der Waals surface area contributed by atoms with E-state index in [0.717, 1.165) is 0 Å². The van der Waals surface area contributed by atoms with Crippen molar-refractivity contribution in [1.82, 2.24) is 0 Å². The molecule has 0 unspecified atom stereocenters. The predicted octanol–water partition coefficient (Wildman–Crippen LogP) is 10.7. The second kappa shape index (κ2) is 6.69. The van der Waals surface area contributed by atoms with Crippen LogP contribution in [-0.2, 0) is 10.8 Å². The Bertz CT molecular complexity index is 2200. The maximum absolute atomic E-state index is 2.57. The van der Waals surface area contributed by atoms with E-state index in [1.165, 1.54) is 93.2 Å². The van der Waals surface area contributed by atoms with E-state index < -0.39 is 0 Å². The molecule has 0 saturated carbocycles. The predicted molar refractivity (Wildman–Crippen MR) is 168 cm³/mol. The van der Waals surface area contributed by atoms with E-state index in [1.54, 1.807) is 0 Å². The normalized spacial score (nSPS) is 16.2. The number of hydrogen-bond donors (Lipinski definition) is 0. The van der Waals surface area contributed by atoms with Gasteiger partial charge in [-0.05, 0) is 118 Å². The lowest BCUT2D eigenvalue weighted by Gasteiger charge is -2.24. The Morgan fingerprint density at radius 2 is 1.00 bits per heavy atom. The zero-order chi connectivity index (χ0) is 26.4. The van der Waals surface area contributed by atoms with E-state index in [-0.39, 0.29) is 10.8 Å².